The highest BCUT2D eigenvalue weighted by Gasteiger charge is 2.22. The molecule has 0 aliphatic carbocycles. The van der Waals surface area contributed by atoms with Crippen LogP contribution in [-0.4, -0.2) is 33.9 Å². The number of rotatable bonds is 2. The Morgan fingerprint density at radius 1 is 1.10 bits per heavy atom. The lowest BCUT2D eigenvalue weighted by molar-refractivity contribution is 0.0733. The molecule has 30 heavy (non-hydrogen) atoms. The summed E-state index contributed by atoms with van der Waals surface area (Å²) in [7, 11) is 0. The van der Waals surface area contributed by atoms with E-state index in [1.807, 2.05) is 24.3 Å². The van der Waals surface area contributed by atoms with Crippen molar-refractivity contribution in [2.24, 2.45) is 0 Å². The van der Waals surface area contributed by atoms with E-state index in [-0.39, 0.29) is 11.7 Å². The van der Waals surface area contributed by atoms with Crippen LogP contribution in [0.1, 0.15) is 21.5 Å². The first-order chi connectivity index (χ1) is 14.6. The van der Waals surface area contributed by atoms with Crippen molar-refractivity contribution in [1.82, 2.24) is 14.9 Å². The summed E-state index contributed by atoms with van der Waals surface area (Å²) in [5.74, 6) is 0.348. The van der Waals surface area contributed by atoms with Gasteiger partial charge in [-0.25, -0.2) is 9.37 Å². The van der Waals surface area contributed by atoms with Gasteiger partial charge in [0.1, 0.15) is 18.2 Å². The van der Waals surface area contributed by atoms with Gasteiger partial charge < -0.3 is 14.6 Å². The number of halogens is 1. The smallest absolute Gasteiger partial charge is 0.254 e. The van der Waals surface area contributed by atoms with Gasteiger partial charge in [-0.1, -0.05) is 12.1 Å². The summed E-state index contributed by atoms with van der Waals surface area (Å²) < 4.78 is 19.5. The number of amides is 1. The number of ether oxygens (including phenoxy) is 1. The third-order valence-electron chi connectivity index (χ3n) is 5.49. The molecule has 0 fully saturated rings. The lowest BCUT2D eigenvalue weighted by atomic mass is 10.0. The molecule has 2 heterocycles. The molecule has 150 valence electrons. The Hall–Kier alpha value is -3.67. The van der Waals surface area contributed by atoms with Crippen LogP contribution in [0.25, 0.3) is 22.2 Å². The van der Waals surface area contributed by atoms with Crippen LogP contribution < -0.4 is 4.74 Å². The third-order valence-corrected chi connectivity index (χ3v) is 5.49. The SMILES string of the molecule is Cc1cc(C(=O)N2CCOc3ccc(-c4ccc5nc[nH]c5c4)cc3C2)ccc1F. The van der Waals surface area contributed by atoms with E-state index < -0.39 is 0 Å². The second-order valence-electron chi connectivity index (χ2n) is 7.50. The van der Waals surface area contributed by atoms with Crippen molar-refractivity contribution < 1.29 is 13.9 Å². The highest BCUT2D eigenvalue weighted by molar-refractivity contribution is 5.94. The van der Waals surface area contributed by atoms with Gasteiger partial charge in [0, 0.05) is 17.7 Å². The molecule has 0 bridgehead atoms. The number of nitrogens with zero attached hydrogens (tertiary/aromatic N) is 2. The minimum absolute atomic E-state index is 0.126. The Labute approximate surface area is 173 Å². The average Bonchev–Trinajstić information content (AvgIpc) is 3.12. The molecular formula is C24H20FN3O2. The lowest BCUT2D eigenvalue weighted by Crippen LogP contribution is -2.32. The predicted molar refractivity (Wildman–Crippen MR) is 113 cm³/mol. The third kappa shape index (κ3) is 3.30. The largest absolute Gasteiger partial charge is 0.491 e. The van der Waals surface area contributed by atoms with Crippen LogP contribution >= 0.6 is 0 Å². The highest BCUT2D eigenvalue weighted by Crippen LogP contribution is 2.31. The molecule has 1 N–H and O–H groups in total. The van der Waals surface area contributed by atoms with Crippen LogP contribution in [0.2, 0.25) is 0 Å². The zero-order valence-corrected chi connectivity index (χ0v) is 16.5. The van der Waals surface area contributed by atoms with Crippen molar-refractivity contribution in [1.29, 1.82) is 0 Å². The predicted octanol–water partition coefficient (Wildman–Crippen LogP) is 4.71. The number of carbonyl (C=O) groups is 1. The average molecular weight is 401 g/mol. The summed E-state index contributed by atoms with van der Waals surface area (Å²) in [6.07, 6.45) is 1.68. The summed E-state index contributed by atoms with van der Waals surface area (Å²) in [6.45, 7) is 2.98. The fourth-order valence-corrected chi connectivity index (χ4v) is 3.82. The first kappa shape index (κ1) is 18.4. The highest BCUT2D eigenvalue weighted by atomic mass is 19.1. The number of carbonyl (C=O) groups excluding carboxylic acids is 1. The van der Waals surface area contributed by atoms with Gasteiger partial charge in [0.25, 0.3) is 5.91 Å². The molecule has 0 spiro atoms. The van der Waals surface area contributed by atoms with Crippen molar-refractivity contribution in [2.45, 2.75) is 13.5 Å². The second kappa shape index (κ2) is 7.30. The van der Waals surface area contributed by atoms with Gasteiger partial charge in [-0.15, -0.1) is 0 Å². The van der Waals surface area contributed by atoms with E-state index in [0.717, 1.165) is 33.5 Å². The van der Waals surface area contributed by atoms with E-state index in [9.17, 15) is 9.18 Å². The first-order valence-corrected chi connectivity index (χ1v) is 9.83. The minimum atomic E-state index is -0.310. The number of hydrogen-bond acceptors (Lipinski definition) is 3. The molecule has 0 unspecified atom stereocenters. The number of benzene rings is 3. The molecule has 0 saturated carbocycles. The zero-order chi connectivity index (χ0) is 20.7. The number of aryl methyl sites for hydroxylation is 1. The Balaban J connectivity index is 1.46. The van der Waals surface area contributed by atoms with Gasteiger partial charge >= 0.3 is 0 Å². The van der Waals surface area contributed by atoms with Crippen molar-refractivity contribution in [3.63, 3.8) is 0 Å². The maximum Gasteiger partial charge on any atom is 0.254 e. The number of H-pyrrole nitrogens is 1. The van der Waals surface area contributed by atoms with E-state index in [1.54, 1.807) is 24.2 Å². The molecule has 1 aromatic heterocycles. The molecule has 0 atom stereocenters. The van der Waals surface area contributed by atoms with Gasteiger partial charge in [-0.3, -0.25) is 4.79 Å². The van der Waals surface area contributed by atoms with E-state index >= 15 is 0 Å². The molecular weight excluding hydrogens is 381 g/mol. The van der Waals surface area contributed by atoms with Crippen LogP contribution in [0.4, 0.5) is 4.39 Å². The van der Waals surface area contributed by atoms with Crippen molar-refractivity contribution >= 4 is 16.9 Å². The van der Waals surface area contributed by atoms with Crippen LogP contribution in [-0.2, 0) is 6.54 Å². The van der Waals surface area contributed by atoms with Gasteiger partial charge in [0.05, 0.1) is 23.9 Å². The molecule has 3 aromatic carbocycles. The fraction of sp³-hybridized carbons (Fsp3) is 0.167. The number of aromatic amines is 1. The Morgan fingerprint density at radius 3 is 2.80 bits per heavy atom. The molecule has 4 aromatic rings. The normalized spacial score (nSPS) is 13.6. The molecule has 1 aliphatic rings. The maximum absolute atomic E-state index is 13.6. The van der Waals surface area contributed by atoms with E-state index in [1.165, 1.54) is 12.1 Å². The van der Waals surface area contributed by atoms with Gasteiger partial charge in [0.2, 0.25) is 0 Å². The van der Waals surface area contributed by atoms with Gasteiger partial charge in [-0.2, -0.15) is 0 Å². The van der Waals surface area contributed by atoms with Crippen LogP contribution in [0.15, 0.2) is 60.9 Å². The first-order valence-electron chi connectivity index (χ1n) is 9.83. The monoisotopic (exact) mass is 401 g/mol. The second-order valence-corrected chi connectivity index (χ2v) is 7.50. The van der Waals surface area contributed by atoms with E-state index in [0.29, 0.717) is 30.8 Å². The summed E-state index contributed by atoms with van der Waals surface area (Å²) in [5, 5.41) is 0. The number of hydrogen-bond donors (Lipinski definition) is 1. The lowest BCUT2D eigenvalue weighted by Gasteiger charge is -2.20. The van der Waals surface area contributed by atoms with Crippen molar-refractivity contribution in [3.8, 4) is 16.9 Å². The molecule has 1 amide bonds. The Morgan fingerprint density at radius 2 is 1.93 bits per heavy atom. The van der Waals surface area contributed by atoms with Crippen LogP contribution in [0.3, 0.4) is 0 Å². The summed E-state index contributed by atoms with van der Waals surface area (Å²) in [4.78, 5) is 22.2. The maximum atomic E-state index is 13.6. The van der Waals surface area contributed by atoms with Crippen LogP contribution in [0, 0.1) is 12.7 Å². The molecule has 5 rings (SSSR count). The number of fused-ring (bicyclic) bond motifs is 2. The molecule has 0 radical (unpaired) electrons. The molecule has 6 heteroatoms. The van der Waals surface area contributed by atoms with Crippen LogP contribution in [0.5, 0.6) is 5.75 Å². The number of nitrogens with one attached hydrogen (secondary N) is 1. The minimum Gasteiger partial charge on any atom is -0.491 e. The number of imidazole rings is 1. The van der Waals surface area contributed by atoms with Gasteiger partial charge in [0.15, 0.2) is 0 Å². The van der Waals surface area contributed by atoms with Crippen molar-refractivity contribution in [2.75, 3.05) is 13.2 Å². The molecule has 0 saturated heterocycles. The topological polar surface area (TPSA) is 58.2 Å². The fourth-order valence-electron chi connectivity index (χ4n) is 3.82. The summed E-state index contributed by atoms with van der Waals surface area (Å²) in [6, 6.07) is 16.6. The molecule has 5 nitrogen and oxygen atoms in total. The number of aromatic nitrogens is 2. The molecule has 1 aliphatic heterocycles. The zero-order valence-electron chi connectivity index (χ0n) is 16.5. The summed E-state index contributed by atoms with van der Waals surface area (Å²) in [5.41, 5.74) is 5.89. The van der Waals surface area contributed by atoms with Crippen molar-refractivity contribution in [3.05, 3.63) is 83.4 Å². The van der Waals surface area contributed by atoms with Gasteiger partial charge in [-0.05, 0) is 66.1 Å². The van der Waals surface area contributed by atoms with E-state index in [4.69, 9.17) is 4.74 Å². The summed E-state index contributed by atoms with van der Waals surface area (Å²) >= 11 is 0. The quantitative estimate of drug-likeness (QED) is 0.529. The Bertz CT molecular complexity index is 1260. The Kier molecular flexibility index (Phi) is 4.47. The standard InChI is InChI=1S/C24H20FN3O2/c1-15-10-18(2-5-20(15)25)24(29)28-8-9-30-23-7-4-16(11-19(23)13-28)17-3-6-21-22(12-17)27-14-26-21/h2-7,10-12,14H,8-9,13H2,1H3,(H,26,27). The van der Waals surface area contributed by atoms with E-state index in [2.05, 4.69) is 22.1 Å².